The molecule has 0 aliphatic heterocycles. The van der Waals surface area contributed by atoms with Gasteiger partial charge in [0.2, 0.25) is 0 Å². The number of aryl methyl sites for hydroxylation is 1. The Morgan fingerprint density at radius 3 is 3.00 bits per heavy atom. The van der Waals surface area contributed by atoms with Crippen molar-refractivity contribution < 1.29 is 18.5 Å². The Kier molecular flexibility index (Phi) is 4.12. The third kappa shape index (κ3) is 2.95. The van der Waals surface area contributed by atoms with E-state index in [0.717, 1.165) is 0 Å². The summed E-state index contributed by atoms with van der Waals surface area (Å²) in [5, 5.41) is 7.39. The Morgan fingerprint density at radius 2 is 2.30 bits per heavy atom. The maximum atomic E-state index is 12.6. The number of ether oxygens (including phenoxy) is 1. The Bertz CT molecular complexity index is 823. The van der Waals surface area contributed by atoms with Crippen LogP contribution in [0.25, 0.3) is 22.6 Å². The number of carbonyl (C=O) groups excluding carboxylic acids is 1. The first kappa shape index (κ1) is 15.2. The number of nitrogens with zero attached hydrogens (tertiary/aromatic N) is 2. The molecule has 0 aliphatic carbocycles. The topological polar surface area (TPSA) is 90.4 Å². The largest absolute Gasteiger partial charge is 0.463 e. The van der Waals surface area contributed by atoms with Gasteiger partial charge in [0.25, 0.3) is 11.6 Å². The van der Waals surface area contributed by atoms with E-state index in [1.165, 1.54) is 0 Å². The smallest absolute Gasteiger partial charge is 0.259 e. The van der Waals surface area contributed by atoms with Gasteiger partial charge in [-0.2, -0.15) is 0 Å². The van der Waals surface area contributed by atoms with E-state index in [4.69, 9.17) is 13.7 Å². The summed E-state index contributed by atoms with van der Waals surface area (Å²) in [5.41, 5.74) is 1.88. The summed E-state index contributed by atoms with van der Waals surface area (Å²) in [6, 6.07) is 5.09. The average Bonchev–Trinajstić information content (AvgIpc) is 3.17. The minimum absolute atomic E-state index is 0.122. The maximum absolute atomic E-state index is 12.6. The number of carbonyl (C=O) groups is 1. The van der Waals surface area contributed by atoms with Crippen LogP contribution in [0.2, 0.25) is 0 Å². The van der Waals surface area contributed by atoms with E-state index >= 15 is 0 Å². The number of aromatic nitrogens is 2. The van der Waals surface area contributed by atoms with E-state index in [1.807, 2.05) is 6.92 Å². The molecule has 0 bridgehead atoms. The summed E-state index contributed by atoms with van der Waals surface area (Å²) in [6.45, 7) is 4.07. The summed E-state index contributed by atoms with van der Waals surface area (Å²) in [7, 11) is 1.59. The summed E-state index contributed by atoms with van der Waals surface area (Å²) < 4.78 is 15.6. The van der Waals surface area contributed by atoms with Crippen molar-refractivity contribution in [3.05, 3.63) is 35.7 Å². The molecule has 0 aromatic carbocycles. The molecule has 0 saturated carbocycles. The molecule has 23 heavy (non-hydrogen) atoms. The monoisotopic (exact) mass is 315 g/mol. The predicted octanol–water partition coefficient (Wildman–Crippen LogP) is 2.56. The van der Waals surface area contributed by atoms with Crippen molar-refractivity contribution in [3.63, 3.8) is 0 Å². The molecule has 0 radical (unpaired) electrons. The molecule has 0 fully saturated rings. The van der Waals surface area contributed by atoms with Gasteiger partial charge < -0.3 is 19.0 Å². The third-order valence-corrected chi connectivity index (χ3v) is 3.43. The first-order valence-electron chi connectivity index (χ1n) is 7.21. The lowest BCUT2D eigenvalue weighted by molar-refractivity contribution is 0.0907. The molecule has 0 aliphatic rings. The van der Waals surface area contributed by atoms with Gasteiger partial charge in [0, 0.05) is 13.2 Å². The van der Waals surface area contributed by atoms with Crippen molar-refractivity contribution in [1.29, 1.82) is 0 Å². The van der Waals surface area contributed by atoms with Gasteiger partial charge in [0.05, 0.1) is 29.5 Å². The number of hydrogen-bond acceptors (Lipinski definition) is 6. The average molecular weight is 315 g/mol. The quantitative estimate of drug-likeness (QED) is 0.778. The van der Waals surface area contributed by atoms with Gasteiger partial charge in [0.1, 0.15) is 5.69 Å². The van der Waals surface area contributed by atoms with Gasteiger partial charge >= 0.3 is 0 Å². The number of pyridine rings is 1. The Balaban J connectivity index is 2.06. The van der Waals surface area contributed by atoms with Crippen molar-refractivity contribution in [2.75, 3.05) is 13.7 Å². The minimum Gasteiger partial charge on any atom is -0.463 e. The zero-order chi connectivity index (χ0) is 16.4. The SMILES string of the molecule is COCC(C)NC(=O)c1cc(-c2ccco2)nc2onc(C)c12. The van der Waals surface area contributed by atoms with Crippen LogP contribution in [0.1, 0.15) is 23.0 Å². The van der Waals surface area contributed by atoms with E-state index in [1.54, 1.807) is 38.5 Å². The van der Waals surface area contributed by atoms with Crippen LogP contribution in [0, 0.1) is 6.92 Å². The highest BCUT2D eigenvalue weighted by Crippen LogP contribution is 2.27. The molecule has 1 N–H and O–H groups in total. The number of rotatable bonds is 5. The van der Waals surface area contributed by atoms with Crippen molar-refractivity contribution in [2.24, 2.45) is 0 Å². The van der Waals surface area contributed by atoms with E-state index in [0.29, 0.717) is 40.4 Å². The fraction of sp³-hybridized carbons (Fsp3) is 0.312. The number of nitrogens with one attached hydrogen (secondary N) is 1. The molecule has 1 atom stereocenters. The standard InChI is InChI=1S/C16H17N3O4/c1-9(8-21-3)17-15(20)11-7-12(13-5-4-6-22-13)18-16-14(11)10(2)19-23-16/h4-7,9H,8H2,1-3H3,(H,17,20). The summed E-state index contributed by atoms with van der Waals surface area (Å²) in [4.78, 5) is 17.0. The molecule has 3 heterocycles. The maximum Gasteiger partial charge on any atom is 0.259 e. The molecule has 3 aromatic rings. The van der Waals surface area contributed by atoms with Crippen LogP contribution in [0.5, 0.6) is 0 Å². The van der Waals surface area contributed by atoms with Crippen LogP contribution in [0.15, 0.2) is 33.4 Å². The molecule has 0 saturated heterocycles. The van der Waals surface area contributed by atoms with Crippen molar-refractivity contribution in [2.45, 2.75) is 19.9 Å². The van der Waals surface area contributed by atoms with Crippen LogP contribution in [-0.4, -0.2) is 35.8 Å². The fourth-order valence-electron chi connectivity index (χ4n) is 2.42. The molecule has 1 amide bonds. The normalized spacial score (nSPS) is 12.5. The van der Waals surface area contributed by atoms with Gasteiger partial charge in [-0.15, -0.1) is 0 Å². The molecular weight excluding hydrogens is 298 g/mol. The van der Waals surface area contributed by atoms with Crippen LogP contribution >= 0.6 is 0 Å². The number of hydrogen-bond donors (Lipinski definition) is 1. The fourth-order valence-corrected chi connectivity index (χ4v) is 2.42. The molecule has 3 rings (SSSR count). The molecule has 0 spiro atoms. The number of fused-ring (bicyclic) bond motifs is 1. The molecule has 7 nitrogen and oxygen atoms in total. The highest BCUT2D eigenvalue weighted by atomic mass is 16.5. The molecule has 120 valence electrons. The minimum atomic E-state index is -0.235. The van der Waals surface area contributed by atoms with Crippen molar-refractivity contribution in [1.82, 2.24) is 15.5 Å². The molecule has 3 aromatic heterocycles. The zero-order valence-corrected chi connectivity index (χ0v) is 13.1. The molecule has 7 heteroatoms. The first-order chi connectivity index (χ1) is 11.1. The highest BCUT2D eigenvalue weighted by Gasteiger charge is 2.21. The third-order valence-electron chi connectivity index (χ3n) is 3.43. The zero-order valence-electron chi connectivity index (χ0n) is 13.1. The van der Waals surface area contributed by atoms with Gasteiger partial charge in [-0.1, -0.05) is 5.16 Å². The van der Waals surface area contributed by atoms with E-state index in [-0.39, 0.29) is 11.9 Å². The number of furan rings is 1. The van der Waals surface area contributed by atoms with Crippen molar-refractivity contribution in [3.8, 4) is 11.5 Å². The molecular formula is C16H17N3O4. The van der Waals surface area contributed by atoms with Crippen LogP contribution in [0.4, 0.5) is 0 Å². The lowest BCUT2D eigenvalue weighted by Gasteiger charge is -2.13. The lowest BCUT2D eigenvalue weighted by Crippen LogP contribution is -2.35. The first-order valence-corrected chi connectivity index (χ1v) is 7.21. The Hall–Kier alpha value is -2.67. The Labute approximate surface area is 132 Å². The summed E-state index contributed by atoms with van der Waals surface area (Å²) >= 11 is 0. The highest BCUT2D eigenvalue weighted by molar-refractivity contribution is 6.06. The summed E-state index contributed by atoms with van der Waals surface area (Å²) in [5.74, 6) is 0.320. The number of amides is 1. The summed E-state index contributed by atoms with van der Waals surface area (Å²) in [6.07, 6.45) is 1.55. The molecule has 1 unspecified atom stereocenters. The van der Waals surface area contributed by atoms with Gasteiger partial charge in [-0.05, 0) is 32.0 Å². The predicted molar refractivity (Wildman–Crippen MR) is 83.0 cm³/mol. The van der Waals surface area contributed by atoms with Gasteiger partial charge in [-0.25, -0.2) is 4.98 Å². The van der Waals surface area contributed by atoms with Crippen LogP contribution in [0.3, 0.4) is 0 Å². The van der Waals surface area contributed by atoms with Gasteiger partial charge in [0.15, 0.2) is 5.76 Å². The lowest BCUT2D eigenvalue weighted by atomic mass is 10.1. The van der Waals surface area contributed by atoms with E-state index < -0.39 is 0 Å². The van der Waals surface area contributed by atoms with E-state index in [9.17, 15) is 4.79 Å². The van der Waals surface area contributed by atoms with Crippen LogP contribution < -0.4 is 5.32 Å². The van der Waals surface area contributed by atoms with Crippen LogP contribution in [-0.2, 0) is 4.74 Å². The second-order valence-electron chi connectivity index (χ2n) is 5.31. The van der Waals surface area contributed by atoms with Gasteiger partial charge in [-0.3, -0.25) is 4.79 Å². The Morgan fingerprint density at radius 1 is 1.48 bits per heavy atom. The second-order valence-corrected chi connectivity index (χ2v) is 5.31. The second kappa shape index (κ2) is 6.21. The number of methoxy groups -OCH3 is 1. The van der Waals surface area contributed by atoms with E-state index in [2.05, 4.69) is 15.5 Å². The van der Waals surface area contributed by atoms with Crippen molar-refractivity contribution >= 4 is 17.0 Å².